The van der Waals surface area contributed by atoms with E-state index in [9.17, 15) is 0 Å². The summed E-state index contributed by atoms with van der Waals surface area (Å²) in [6.45, 7) is 5.19. The third-order valence-electron chi connectivity index (χ3n) is 3.18. The lowest BCUT2D eigenvalue weighted by molar-refractivity contribution is 0.258. The minimum Gasteiger partial charge on any atom is -0.330 e. The Bertz CT molecular complexity index is 349. The molecule has 1 aromatic heterocycles. The molecule has 2 N–H and O–H groups in total. The standard InChI is InChI=1S/C11H16BrClN2S/c1-7-2-8(4-14)5-15(7)6-9-3-10(12)11(13)16-9/h3,7-8H,2,4-6,14H2,1H3. The molecule has 0 aromatic carbocycles. The first kappa shape index (κ1) is 12.8. The van der Waals surface area contributed by atoms with Gasteiger partial charge in [-0.05, 0) is 47.8 Å². The molecule has 1 aliphatic heterocycles. The second-order valence-corrected chi connectivity index (χ2v) is 7.04. The summed E-state index contributed by atoms with van der Waals surface area (Å²) in [7, 11) is 0. The van der Waals surface area contributed by atoms with Crippen molar-refractivity contribution in [2.75, 3.05) is 13.1 Å². The molecule has 2 atom stereocenters. The first-order valence-corrected chi connectivity index (χ1v) is 7.46. The SMILES string of the molecule is CC1CC(CN)CN1Cc1cc(Br)c(Cl)s1. The Morgan fingerprint density at radius 2 is 2.44 bits per heavy atom. The molecule has 1 saturated heterocycles. The maximum atomic E-state index is 6.04. The summed E-state index contributed by atoms with van der Waals surface area (Å²) in [5.41, 5.74) is 5.73. The van der Waals surface area contributed by atoms with Gasteiger partial charge in [0.1, 0.15) is 4.34 Å². The number of likely N-dealkylation sites (tertiary alicyclic amines) is 1. The van der Waals surface area contributed by atoms with E-state index < -0.39 is 0 Å². The predicted molar refractivity (Wildman–Crippen MR) is 74.1 cm³/mol. The lowest BCUT2D eigenvalue weighted by Crippen LogP contribution is -2.26. The highest BCUT2D eigenvalue weighted by atomic mass is 79.9. The average molecular weight is 324 g/mol. The van der Waals surface area contributed by atoms with Gasteiger partial charge in [0.2, 0.25) is 0 Å². The molecule has 0 radical (unpaired) electrons. The second-order valence-electron chi connectivity index (χ2n) is 4.45. The monoisotopic (exact) mass is 322 g/mol. The maximum absolute atomic E-state index is 6.04. The Balaban J connectivity index is 1.99. The highest BCUT2D eigenvalue weighted by Gasteiger charge is 2.28. The number of hydrogen-bond acceptors (Lipinski definition) is 3. The fourth-order valence-corrected chi connectivity index (χ4v) is 4.09. The van der Waals surface area contributed by atoms with Crippen LogP contribution in [0.15, 0.2) is 10.5 Å². The van der Waals surface area contributed by atoms with Gasteiger partial charge < -0.3 is 5.73 Å². The predicted octanol–water partition coefficient (Wildman–Crippen LogP) is 3.33. The van der Waals surface area contributed by atoms with Crippen molar-refractivity contribution in [2.24, 2.45) is 11.7 Å². The number of rotatable bonds is 3. The molecule has 1 fully saturated rings. The molecule has 0 saturated carbocycles. The van der Waals surface area contributed by atoms with Gasteiger partial charge >= 0.3 is 0 Å². The normalized spacial score (nSPS) is 26.5. The van der Waals surface area contributed by atoms with Gasteiger partial charge in [-0.15, -0.1) is 11.3 Å². The number of halogens is 2. The molecule has 90 valence electrons. The van der Waals surface area contributed by atoms with E-state index in [2.05, 4.69) is 33.8 Å². The van der Waals surface area contributed by atoms with E-state index in [-0.39, 0.29) is 0 Å². The smallest absolute Gasteiger partial charge is 0.107 e. The Morgan fingerprint density at radius 1 is 1.69 bits per heavy atom. The summed E-state index contributed by atoms with van der Waals surface area (Å²) < 4.78 is 1.86. The summed E-state index contributed by atoms with van der Waals surface area (Å²) in [5, 5.41) is 0. The molecule has 2 nitrogen and oxygen atoms in total. The van der Waals surface area contributed by atoms with E-state index >= 15 is 0 Å². The van der Waals surface area contributed by atoms with Crippen molar-refractivity contribution in [3.8, 4) is 0 Å². The summed E-state index contributed by atoms with van der Waals surface area (Å²) in [5.74, 6) is 0.661. The molecule has 5 heteroatoms. The minimum absolute atomic E-state index is 0.633. The van der Waals surface area contributed by atoms with Crippen molar-refractivity contribution in [2.45, 2.75) is 25.9 Å². The van der Waals surface area contributed by atoms with Crippen LogP contribution in [-0.2, 0) is 6.54 Å². The maximum Gasteiger partial charge on any atom is 0.107 e. The van der Waals surface area contributed by atoms with Gasteiger partial charge in [0.15, 0.2) is 0 Å². The molecule has 2 rings (SSSR count). The molecule has 2 unspecified atom stereocenters. The topological polar surface area (TPSA) is 29.3 Å². The van der Waals surface area contributed by atoms with E-state index in [1.165, 1.54) is 11.3 Å². The van der Waals surface area contributed by atoms with Gasteiger partial charge in [-0.2, -0.15) is 0 Å². The zero-order valence-electron chi connectivity index (χ0n) is 9.25. The van der Waals surface area contributed by atoms with Crippen molar-refractivity contribution < 1.29 is 0 Å². The fourth-order valence-electron chi connectivity index (χ4n) is 2.28. The Labute approximate surface area is 114 Å². The van der Waals surface area contributed by atoms with Crippen LogP contribution < -0.4 is 5.73 Å². The molecule has 16 heavy (non-hydrogen) atoms. The first-order chi connectivity index (χ1) is 7.60. The lowest BCUT2D eigenvalue weighted by atomic mass is 10.1. The number of hydrogen-bond donors (Lipinski definition) is 1. The molecular weight excluding hydrogens is 308 g/mol. The molecule has 0 aliphatic carbocycles. The van der Waals surface area contributed by atoms with Crippen LogP contribution in [-0.4, -0.2) is 24.0 Å². The van der Waals surface area contributed by atoms with Gasteiger partial charge in [-0.25, -0.2) is 0 Å². The largest absolute Gasteiger partial charge is 0.330 e. The van der Waals surface area contributed by atoms with E-state index in [1.807, 2.05) is 0 Å². The molecule has 0 spiro atoms. The molecule has 2 heterocycles. The van der Waals surface area contributed by atoms with Crippen molar-refractivity contribution in [1.82, 2.24) is 4.90 Å². The van der Waals surface area contributed by atoms with Crippen LogP contribution in [0.4, 0.5) is 0 Å². The van der Waals surface area contributed by atoms with Crippen LogP contribution in [0.3, 0.4) is 0 Å². The van der Waals surface area contributed by atoms with Crippen LogP contribution in [0.2, 0.25) is 4.34 Å². The van der Waals surface area contributed by atoms with E-state index in [0.29, 0.717) is 12.0 Å². The second kappa shape index (κ2) is 5.36. The van der Waals surface area contributed by atoms with Gasteiger partial charge in [0, 0.05) is 28.5 Å². The summed E-state index contributed by atoms with van der Waals surface area (Å²) >= 11 is 11.1. The summed E-state index contributed by atoms with van der Waals surface area (Å²) in [6.07, 6.45) is 1.22. The summed E-state index contributed by atoms with van der Waals surface area (Å²) in [6, 6.07) is 2.75. The first-order valence-electron chi connectivity index (χ1n) is 5.48. The molecule has 1 aliphatic rings. The lowest BCUT2D eigenvalue weighted by Gasteiger charge is -2.19. The van der Waals surface area contributed by atoms with Gasteiger partial charge in [-0.1, -0.05) is 11.6 Å². The van der Waals surface area contributed by atoms with Crippen LogP contribution >= 0.6 is 38.9 Å². The zero-order valence-corrected chi connectivity index (χ0v) is 12.4. The Kier molecular flexibility index (Phi) is 4.30. The fraction of sp³-hybridized carbons (Fsp3) is 0.636. The highest BCUT2D eigenvalue weighted by Crippen LogP contribution is 2.34. The number of thiophene rings is 1. The summed E-state index contributed by atoms with van der Waals surface area (Å²) in [4.78, 5) is 3.81. The van der Waals surface area contributed by atoms with Crippen LogP contribution in [0, 0.1) is 5.92 Å². The minimum atomic E-state index is 0.633. The number of nitrogens with zero attached hydrogens (tertiary/aromatic N) is 1. The highest BCUT2D eigenvalue weighted by molar-refractivity contribution is 9.10. The third kappa shape index (κ3) is 2.79. The van der Waals surface area contributed by atoms with Crippen LogP contribution in [0.5, 0.6) is 0 Å². The quantitative estimate of drug-likeness (QED) is 0.924. The van der Waals surface area contributed by atoms with Gasteiger partial charge in [0.25, 0.3) is 0 Å². The van der Waals surface area contributed by atoms with Crippen LogP contribution in [0.1, 0.15) is 18.2 Å². The van der Waals surface area contributed by atoms with Crippen LogP contribution in [0.25, 0.3) is 0 Å². The molecule has 0 amide bonds. The number of nitrogens with two attached hydrogens (primary N) is 1. The Hall–Kier alpha value is 0.390. The van der Waals surface area contributed by atoms with Gasteiger partial charge in [0.05, 0.1) is 0 Å². The zero-order chi connectivity index (χ0) is 11.7. The van der Waals surface area contributed by atoms with Gasteiger partial charge in [-0.3, -0.25) is 4.90 Å². The van der Waals surface area contributed by atoms with Crippen molar-refractivity contribution in [3.63, 3.8) is 0 Å². The molecule has 0 bridgehead atoms. The third-order valence-corrected chi connectivity index (χ3v) is 5.64. The molecule has 1 aromatic rings. The Morgan fingerprint density at radius 3 is 2.94 bits per heavy atom. The van der Waals surface area contributed by atoms with Crippen molar-refractivity contribution in [1.29, 1.82) is 0 Å². The van der Waals surface area contributed by atoms with E-state index in [0.717, 1.165) is 28.4 Å². The van der Waals surface area contributed by atoms with Crippen molar-refractivity contribution >= 4 is 38.9 Å². The van der Waals surface area contributed by atoms with Crippen molar-refractivity contribution in [3.05, 3.63) is 19.8 Å². The van der Waals surface area contributed by atoms with E-state index in [1.54, 1.807) is 11.3 Å². The molecular formula is C11H16BrClN2S. The van der Waals surface area contributed by atoms with E-state index in [4.69, 9.17) is 17.3 Å². The average Bonchev–Trinajstić information content (AvgIpc) is 2.73.